The van der Waals surface area contributed by atoms with Crippen LogP contribution in [0.1, 0.15) is 11.1 Å². The van der Waals surface area contributed by atoms with Gasteiger partial charge < -0.3 is 9.67 Å². The quantitative estimate of drug-likeness (QED) is 0.747. The first-order valence-corrected chi connectivity index (χ1v) is 5.33. The number of hydrogen-bond acceptors (Lipinski definition) is 3. The van der Waals surface area contributed by atoms with E-state index < -0.39 is 0 Å². The van der Waals surface area contributed by atoms with Crippen LogP contribution in [0.5, 0.6) is 5.75 Å². The second-order valence-electron chi connectivity index (χ2n) is 3.86. The molecule has 84 valence electrons. The fourth-order valence-corrected chi connectivity index (χ4v) is 1.70. The van der Waals surface area contributed by atoms with Crippen molar-refractivity contribution in [1.82, 2.24) is 14.8 Å². The minimum absolute atomic E-state index is 0.222. The second kappa shape index (κ2) is 3.75. The van der Waals surface area contributed by atoms with Crippen LogP contribution in [0.25, 0.3) is 11.4 Å². The molecule has 0 radical (unpaired) electrons. The van der Waals surface area contributed by atoms with E-state index in [1.807, 2.05) is 27.0 Å². The second-order valence-corrected chi connectivity index (χ2v) is 4.25. The Hall–Kier alpha value is -1.62. The number of nitrogens with one attached hydrogen (secondary N) is 1. The number of benzene rings is 1. The van der Waals surface area contributed by atoms with E-state index in [-0.39, 0.29) is 5.75 Å². The lowest BCUT2D eigenvalue weighted by Gasteiger charge is -2.07. The van der Waals surface area contributed by atoms with Gasteiger partial charge in [-0.05, 0) is 49.3 Å². The van der Waals surface area contributed by atoms with Crippen LogP contribution < -0.4 is 0 Å². The van der Waals surface area contributed by atoms with Gasteiger partial charge in [-0.2, -0.15) is 5.10 Å². The van der Waals surface area contributed by atoms with Gasteiger partial charge >= 0.3 is 0 Å². The molecule has 1 heterocycles. The molecule has 4 nitrogen and oxygen atoms in total. The van der Waals surface area contributed by atoms with Gasteiger partial charge in [0.1, 0.15) is 5.75 Å². The van der Waals surface area contributed by atoms with Crippen LogP contribution in [0.4, 0.5) is 0 Å². The molecule has 0 saturated carbocycles. The number of rotatable bonds is 1. The molecule has 0 saturated heterocycles. The topological polar surface area (TPSA) is 53.8 Å². The van der Waals surface area contributed by atoms with Gasteiger partial charge in [0.15, 0.2) is 10.6 Å². The number of aromatic nitrogens is 3. The molecule has 1 aromatic carbocycles. The monoisotopic (exact) mass is 235 g/mol. The molecule has 1 aromatic heterocycles. The Morgan fingerprint density at radius 2 is 1.94 bits per heavy atom. The SMILES string of the molecule is Cc1cc(O)c(-c2n[nH]c(=S)n2C)cc1C. The molecule has 2 N–H and O–H groups in total. The molecule has 0 aliphatic heterocycles. The predicted molar refractivity (Wildman–Crippen MR) is 65.0 cm³/mol. The molecule has 0 unspecified atom stereocenters. The van der Waals surface area contributed by atoms with E-state index in [1.54, 1.807) is 10.6 Å². The largest absolute Gasteiger partial charge is 0.507 e. The Morgan fingerprint density at radius 1 is 1.31 bits per heavy atom. The molecule has 0 atom stereocenters. The van der Waals surface area contributed by atoms with Gasteiger partial charge in [0.25, 0.3) is 0 Å². The van der Waals surface area contributed by atoms with Crippen LogP contribution >= 0.6 is 12.2 Å². The standard InChI is InChI=1S/C11H13N3OS/c1-6-4-8(9(15)5-7(6)2)10-12-13-11(16)14(10)3/h4-5,15H,1-3H3,(H,13,16). The van der Waals surface area contributed by atoms with Crippen molar-refractivity contribution in [3.05, 3.63) is 28.0 Å². The minimum Gasteiger partial charge on any atom is -0.507 e. The lowest BCUT2D eigenvalue weighted by molar-refractivity contribution is 0.476. The van der Waals surface area contributed by atoms with Crippen molar-refractivity contribution in [2.24, 2.45) is 7.05 Å². The van der Waals surface area contributed by atoms with Crippen molar-refractivity contribution in [1.29, 1.82) is 0 Å². The third-order valence-electron chi connectivity index (χ3n) is 2.73. The molecule has 0 bridgehead atoms. The first-order chi connectivity index (χ1) is 7.50. The van der Waals surface area contributed by atoms with Crippen LogP contribution in [0, 0.1) is 18.6 Å². The molecule has 2 aromatic rings. The smallest absolute Gasteiger partial charge is 0.195 e. The lowest BCUT2D eigenvalue weighted by atomic mass is 10.0. The average Bonchev–Trinajstić information content (AvgIpc) is 2.54. The molecule has 5 heteroatoms. The molecule has 0 spiro atoms. The number of aromatic hydroxyl groups is 1. The summed E-state index contributed by atoms with van der Waals surface area (Å²) < 4.78 is 2.27. The van der Waals surface area contributed by atoms with Gasteiger partial charge in [-0.25, -0.2) is 0 Å². The molecule has 0 amide bonds. The number of phenols is 1. The van der Waals surface area contributed by atoms with Gasteiger partial charge in [-0.15, -0.1) is 0 Å². The minimum atomic E-state index is 0.222. The maximum Gasteiger partial charge on any atom is 0.195 e. The zero-order valence-corrected chi connectivity index (χ0v) is 10.2. The summed E-state index contributed by atoms with van der Waals surface area (Å²) in [6.45, 7) is 3.96. The molecular weight excluding hydrogens is 222 g/mol. The van der Waals surface area contributed by atoms with Gasteiger partial charge in [0, 0.05) is 7.05 Å². The summed E-state index contributed by atoms with van der Waals surface area (Å²) in [5.41, 5.74) is 2.86. The van der Waals surface area contributed by atoms with Crippen molar-refractivity contribution in [2.45, 2.75) is 13.8 Å². The van der Waals surface area contributed by atoms with Gasteiger partial charge in [0.2, 0.25) is 0 Å². The summed E-state index contributed by atoms with van der Waals surface area (Å²) >= 11 is 5.04. The van der Waals surface area contributed by atoms with E-state index in [9.17, 15) is 5.11 Å². The summed E-state index contributed by atoms with van der Waals surface area (Å²) in [7, 11) is 1.82. The van der Waals surface area contributed by atoms with Crippen molar-refractivity contribution in [3.8, 4) is 17.1 Å². The Bertz CT molecular complexity index is 598. The molecule has 0 aliphatic rings. The molecular formula is C11H13N3OS. The highest BCUT2D eigenvalue weighted by atomic mass is 32.1. The first-order valence-electron chi connectivity index (χ1n) is 4.92. The van der Waals surface area contributed by atoms with Gasteiger partial charge in [-0.3, -0.25) is 5.10 Å². The van der Waals surface area contributed by atoms with Crippen molar-refractivity contribution < 1.29 is 5.11 Å². The fraction of sp³-hybridized carbons (Fsp3) is 0.273. The van der Waals surface area contributed by atoms with Crippen molar-refractivity contribution in [2.75, 3.05) is 0 Å². The maximum absolute atomic E-state index is 9.90. The van der Waals surface area contributed by atoms with E-state index in [1.165, 1.54) is 0 Å². The number of aryl methyl sites for hydroxylation is 2. The first kappa shape index (κ1) is 10.9. The summed E-state index contributed by atoms with van der Waals surface area (Å²) in [6, 6.07) is 3.65. The number of nitrogens with zero attached hydrogens (tertiary/aromatic N) is 2. The number of hydrogen-bond donors (Lipinski definition) is 2. The third kappa shape index (κ3) is 1.63. The highest BCUT2D eigenvalue weighted by Crippen LogP contribution is 2.30. The highest BCUT2D eigenvalue weighted by molar-refractivity contribution is 7.71. The van der Waals surface area contributed by atoms with E-state index in [4.69, 9.17) is 12.2 Å². The van der Waals surface area contributed by atoms with Crippen LogP contribution in [0.15, 0.2) is 12.1 Å². The average molecular weight is 235 g/mol. The predicted octanol–water partition coefficient (Wildman–Crippen LogP) is 2.47. The maximum atomic E-state index is 9.90. The van der Waals surface area contributed by atoms with E-state index >= 15 is 0 Å². The zero-order chi connectivity index (χ0) is 11.9. The summed E-state index contributed by atoms with van der Waals surface area (Å²) in [4.78, 5) is 0. The lowest BCUT2D eigenvalue weighted by Crippen LogP contribution is -1.94. The van der Waals surface area contributed by atoms with Crippen molar-refractivity contribution >= 4 is 12.2 Å². The highest BCUT2D eigenvalue weighted by Gasteiger charge is 2.11. The van der Waals surface area contributed by atoms with Crippen molar-refractivity contribution in [3.63, 3.8) is 0 Å². The molecule has 0 aliphatic carbocycles. The Kier molecular flexibility index (Phi) is 2.55. The van der Waals surface area contributed by atoms with Gasteiger partial charge in [0.05, 0.1) is 5.56 Å². The number of phenolic OH excluding ortho intramolecular Hbond substituents is 1. The molecule has 16 heavy (non-hydrogen) atoms. The summed E-state index contributed by atoms with van der Waals surface area (Å²) in [5, 5.41) is 16.7. The number of aromatic amines is 1. The van der Waals surface area contributed by atoms with E-state index in [0.717, 1.165) is 11.1 Å². The Balaban J connectivity index is 2.69. The normalized spacial score (nSPS) is 10.7. The molecule has 2 rings (SSSR count). The Morgan fingerprint density at radius 3 is 2.50 bits per heavy atom. The molecule has 0 fully saturated rings. The summed E-state index contributed by atoms with van der Waals surface area (Å²) in [5.74, 6) is 0.866. The van der Waals surface area contributed by atoms with E-state index in [2.05, 4.69) is 10.2 Å². The van der Waals surface area contributed by atoms with Crippen LogP contribution in [0.2, 0.25) is 0 Å². The van der Waals surface area contributed by atoms with Crippen LogP contribution in [-0.4, -0.2) is 19.9 Å². The fourth-order valence-electron chi connectivity index (χ4n) is 1.57. The van der Waals surface area contributed by atoms with E-state index in [0.29, 0.717) is 16.2 Å². The Labute approximate surface area is 98.6 Å². The third-order valence-corrected chi connectivity index (χ3v) is 3.10. The van der Waals surface area contributed by atoms with Crippen LogP contribution in [0.3, 0.4) is 0 Å². The zero-order valence-electron chi connectivity index (χ0n) is 9.40. The van der Waals surface area contributed by atoms with Crippen LogP contribution in [-0.2, 0) is 7.05 Å². The number of H-pyrrole nitrogens is 1. The summed E-state index contributed by atoms with van der Waals surface area (Å²) in [6.07, 6.45) is 0. The van der Waals surface area contributed by atoms with Gasteiger partial charge in [-0.1, -0.05) is 0 Å².